The summed E-state index contributed by atoms with van der Waals surface area (Å²) < 4.78 is 11.0. The lowest BCUT2D eigenvalue weighted by Gasteiger charge is -2.00. The van der Waals surface area contributed by atoms with Crippen LogP contribution in [-0.4, -0.2) is 24.4 Å². The van der Waals surface area contributed by atoms with Crippen LogP contribution in [0.15, 0.2) is 0 Å². The molecule has 0 rings (SSSR count). The Balaban J connectivity index is 2.60. The first-order chi connectivity index (χ1) is 4.41. The van der Waals surface area contributed by atoms with Crippen molar-refractivity contribution in [3.63, 3.8) is 0 Å². The van der Waals surface area contributed by atoms with E-state index in [9.17, 15) is 0 Å². The summed E-state index contributed by atoms with van der Waals surface area (Å²) in [5, 5.41) is 0. The molecule has 0 amide bonds. The Bertz CT molecular complexity index is 44.3. The normalized spacial score (nSPS) is 10.0. The van der Waals surface area contributed by atoms with Gasteiger partial charge in [0.25, 0.3) is 0 Å². The van der Waals surface area contributed by atoms with Gasteiger partial charge < -0.3 is 9.47 Å². The van der Waals surface area contributed by atoms with Gasteiger partial charge in [0.1, 0.15) is 0 Å². The molecule has 0 bridgehead atoms. The Morgan fingerprint density at radius 1 is 1.11 bits per heavy atom. The van der Waals surface area contributed by atoms with E-state index in [2.05, 4.69) is 29.5 Å². The van der Waals surface area contributed by atoms with Gasteiger partial charge in [-0.2, -0.15) is 0 Å². The molecule has 56 valence electrons. The summed E-state index contributed by atoms with van der Waals surface area (Å²) in [5.41, 5.74) is 0. The van der Waals surface area contributed by atoms with Crippen LogP contribution in [0.3, 0.4) is 0 Å². The van der Waals surface area contributed by atoms with Crippen molar-refractivity contribution >= 4 is 22.6 Å². The number of hydrogen-bond donors (Lipinski definition) is 0. The molecule has 0 unspecified atom stereocenters. The van der Waals surface area contributed by atoms with E-state index in [4.69, 9.17) is 9.47 Å². The van der Waals surface area contributed by atoms with Crippen molar-refractivity contribution in [2.75, 3.05) is 24.4 Å². The molecule has 0 aromatic heterocycles. The van der Waals surface area contributed by atoms with Crippen molar-refractivity contribution in [2.45, 2.75) is 13.3 Å². The molecule has 0 saturated carbocycles. The number of alkyl halides is 1. The number of halogens is 1. The van der Waals surface area contributed by atoms with Crippen LogP contribution in [0, 0.1) is 0 Å². The van der Waals surface area contributed by atoms with Gasteiger partial charge in [0.15, 0.2) is 0 Å². The predicted octanol–water partition coefficient (Wildman–Crippen LogP) is 1.82. The molecule has 0 aliphatic carbocycles. The lowest BCUT2D eigenvalue weighted by molar-refractivity contribution is 0.0685. The molecular formula is C6H13IO2. The average molecular weight is 244 g/mol. The van der Waals surface area contributed by atoms with Crippen LogP contribution >= 0.6 is 22.6 Å². The van der Waals surface area contributed by atoms with Crippen molar-refractivity contribution in [3.8, 4) is 0 Å². The van der Waals surface area contributed by atoms with E-state index in [1.807, 2.05) is 0 Å². The van der Waals surface area contributed by atoms with Crippen LogP contribution in [-0.2, 0) is 9.47 Å². The Morgan fingerprint density at radius 2 is 1.78 bits per heavy atom. The Morgan fingerprint density at radius 3 is 2.33 bits per heavy atom. The predicted molar refractivity (Wildman–Crippen MR) is 45.9 cm³/mol. The van der Waals surface area contributed by atoms with E-state index in [-0.39, 0.29) is 0 Å². The van der Waals surface area contributed by atoms with E-state index in [1.165, 1.54) is 0 Å². The fourth-order valence-corrected chi connectivity index (χ4v) is 0.730. The number of ether oxygens (including phenoxy) is 2. The van der Waals surface area contributed by atoms with Crippen molar-refractivity contribution in [3.05, 3.63) is 0 Å². The first kappa shape index (κ1) is 9.65. The molecule has 0 aliphatic heterocycles. The first-order valence-corrected chi connectivity index (χ1v) is 4.65. The summed E-state index contributed by atoms with van der Waals surface area (Å²) in [6, 6.07) is 0. The topological polar surface area (TPSA) is 18.5 Å². The van der Waals surface area contributed by atoms with Gasteiger partial charge in [-0.25, -0.2) is 0 Å². The van der Waals surface area contributed by atoms with Gasteiger partial charge in [0.05, 0.1) is 17.8 Å². The van der Waals surface area contributed by atoms with E-state index in [0.29, 0.717) is 0 Å². The summed E-state index contributed by atoms with van der Waals surface area (Å²) >= 11 is 2.17. The highest BCUT2D eigenvalue weighted by atomic mass is 127. The maximum Gasteiger partial charge on any atom is 0.0980 e. The van der Waals surface area contributed by atoms with Crippen molar-refractivity contribution in [1.29, 1.82) is 0 Å². The largest absolute Gasteiger partial charge is 0.379 e. The molecule has 0 atom stereocenters. The molecule has 0 radical (unpaired) electrons. The van der Waals surface area contributed by atoms with Gasteiger partial charge in [0.2, 0.25) is 0 Å². The van der Waals surface area contributed by atoms with E-state index in [0.717, 1.165) is 30.9 Å². The summed E-state index contributed by atoms with van der Waals surface area (Å²) in [4.78, 5) is 0. The minimum Gasteiger partial charge on any atom is -0.379 e. The zero-order chi connectivity index (χ0) is 6.95. The van der Waals surface area contributed by atoms with Crippen LogP contribution in [0.5, 0.6) is 0 Å². The Kier molecular flexibility index (Phi) is 9.27. The third kappa shape index (κ3) is 8.65. The molecule has 0 aromatic carbocycles. The molecule has 3 heteroatoms. The van der Waals surface area contributed by atoms with Gasteiger partial charge >= 0.3 is 0 Å². The van der Waals surface area contributed by atoms with E-state index >= 15 is 0 Å². The minimum absolute atomic E-state index is 0.725. The van der Waals surface area contributed by atoms with E-state index < -0.39 is 0 Å². The molecular weight excluding hydrogens is 231 g/mol. The van der Waals surface area contributed by atoms with Crippen LogP contribution < -0.4 is 0 Å². The van der Waals surface area contributed by atoms with Crippen LogP contribution in [0.2, 0.25) is 0 Å². The molecule has 0 aromatic rings. The fourth-order valence-electron chi connectivity index (χ4n) is 0.419. The Labute approximate surface area is 70.1 Å². The number of hydrogen-bond acceptors (Lipinski definition) is 2. The van der Waals surface area contributed by atoms with Crippen molar-refractivity contribution < 1.29 is 9.47 Å². The highest BCUT2D eigenvalue weighted by molar-refractivity contribution is 14.1. The standard InChI is InChI=1S/C6H13IO2/c1-2-3-8-4-5-9-6-7/h2-6H2,1H3. The monoisotopic (exact) mass is 244 g/mol. The number of rotatable bonds is 6. The quantitative estimate of drug-likeness (QED) is 0.403. The van der Waals surface area contributed by atoms with Crippen LogP contribution in [0.25, 0.3) is 0 Å². The van der Waals surface area contributed by atoms with Gasteiger partial charge in [-0.05, 0) is 6.42 Å². The minimum atomic E-state index is 0.725. The van der Waals surface area contributed by atoms with Crippen LogP contribution in [0.1, 0.15) is 13.3 Å². The maximum absolute atomic E-state index is 5.16. The molecule has 0 heterocycles. The summed E-state index contributed by atoms with van der Waals surface area (Å²) in [5.74, 6) is 0. The second kappa shape index (κ2) is 8.65. The smallest absolute Gasteiger partial charge is 0.0980 e. The second-order valence-corrected chi connectivity index (χ2v) is 2.25. The Hall–Kier alpha value is 0.650. The third-order valence-corrected chi connectivity index (χ3v) is 1.24. The lowest BCUT2D eigenvalue weighted by atomic mass is 10.5. The SMILES string of the molecule is CCCOCCOCI. The fraction of sp³-hybridized carbons (Fsp3) is 1.00. The molecule has 0 spiro atoms. The lowest BCUT2D eigenvalue weighted by Crippen LogP contribution is -2.03. The molecule has 0 saturated heterocycles. The summed E-state index contributed by atoms with van der Waals surface area (Å²) in [6.07, 6.45) is 1.09. The van der Waals surface area contributed by atoms with Gasteiger partial charge in [0, 0.05) is 6.61 Å². The van der Waals surface area contributed by atoms with Gasteiger partial charge in [-0.3, -0.25) is 0 Å². The van der Waals surface area contributed by atoms with Crippen LogP contribution in [0.4, 0.5) is 0 Å². The molecule has 9 heavy (non-hydrogen) atoms. The summed E-state index contributed by atoms with van der Waals surface area (Å²) in [6.45, 7) is 4.41. The molecule has 0 aliphatic rings. The summed E-state index contributed by atoms with van der Waals surface area (Å²) in [7, 11) is 0. The highest BCUT2D eigenvalue weighted by Gasteiger charge is 1.84. The maximum atomic E-state index is 5.16. The average Bonchev–Trinajstić information content (AvgIpc) is 1.89. The van der Waals surface area contributed by atoms with Crippen molar-refractivity contribution in [1.82, 2.24) is 0 Å². The highest BCUT2D eigenvalue weighted by Crippen LogP contribution is 1.84. The van der Waals surface area contributed by atoms with Gasteiger partial charge in [-0.15, -0.1) is 0 Å². The molecule has 0 N–H and O–H groups in total. The van der Waals surface area contributed by atoms with E-state index in [1.54, 1.807) is 0 Å². The second-order valence-electron chi connectivity index (χ2n) is 1.63. The van der Waals surface area contributed by atoms with Gasteiger partial charge in [-0.1, -0.05) is 29.5 Å². The first-order valence-electron chi connectivity index (χ1n) is 3.13. The zero-order valence-electron chi connectivity index (χ0n) is 5.73. The zero-order valence-corrected chi connectivity index (χ0v) is 7.89. The molecule has 0 fully saturated rings. The molecule has 2 nitrogen and oxygen atoms in total. The third-order valence-electron chi connectivity index (χ3n) is 0.798. The van der Waals surface area contributed by atoms with Crippen molar-refractivity contribution in [2.24, 2.45) is 0 Å².